The molecule has 4 nitrogen and oxygen atoms in total. The number of aryl methyl sites for hydroxylation is 1. The molecule has 0 N–H and O–H groups in total. The summed E-state index contributed by atoms with van der Waals surface area (Å²) in [4.78, 5) is 19.9. The summed E-state index contributed by atoms with van der Waals surface area (Å²) in [5.74, 6) is 0.874. The van der Waals surface area contributed by atoms with Gasteiger partial charge in [-0.05, 0) is 19.3 Å². The molecule has 0 saturated carbocycles. The lowest BCUT2D eigenvalue weighted by Crippen LogP contribution is -2.09. The molecule has 0 unspecified atom stereocenters. The van der Waals surface area contributed by atoms with Crippen LogP contribution in [0.4, 0.5) is 0 Å². The van der Waals surface area contributed by atoms with Crippen molar-refractivity contribution in [3.63, 3.8) is 0 Å². The fourth-order valence-electron chi connectivity index (χ4n) is 1.72. The van der Waals surface area contributed by atoms with Gasteiger partial charge < -0.3 is 4.74 Å². The van der Waals surface area contributed by atoms with Crippen LogP contribution in [0.25, 0.3) is 0 Å². The molecule has 0 aliphatic heterocycles. The summed E-state index contributed by atoms with van der Waals surface area (Å²) in [5, 5.41) is 0.793. The number of unbranched alkanes of at least 4 members (excludes halogenated alkanes) is 2. The van der Waals surface area contributed by atoms with Crippen LogP contribution in [0.15, 0.2) is 17.4 Å². The van der Waals surface area contributed by atoms with E-state index in [0.717, 1.165) is 29.5 Å². The van der Waals surface area contributed by atoms with Gasteiger partial charge in [0.2, 0.25) is 0 Å². The molecule has 0 amide bonds. The zero-order valence-electron chi connectivity index (χ0n) is 12.6. The lowest BCUT2D eigenvalue weighted by Gasteiger charge is -2.06. The van der Waals surface area contributed by atoms with E-state index in [2.05, 4.69) is 23.8 Å². The summed E-state index contributed by atoms with van der Waals surface area (Å²) in [6, 6.07) is 0. The van der Waals surface area contributed by atoms with E-state index in [0.29, 0.717) is 12.4 Å². The van der Waals surface area contributed by atoms with Crippen molar-refractivity contribution in [1.29, 1.82) is 0 Å². The van der Waals surface area contributed by atoms with Gasteiger partial charge in [0.1, 0.15) is 5.03 Å². The number of carbonyl (C=O) groups excluding carboxylic acids is 1. The molecule has 0 bridgehead atoms. The fraction of sp³-hybridized carbons (Fsp3) is 0.667. The summed E-state index contributed by atoms with van der Waals surface area (Å²) in [6.45, 7) is 6.86. The average molecular weight is 296 g/mol. The number of hydrogen-bond donors (Lipinski definition) is 0. The summed E-state index contributed by atoms with van der Waals surface area (Å²) in [5.41, 5.74) is 0.846. The minimum absolute atomic E-state index is 0.177. The lowest BCUT2D eigenvalue weighted by atomic mass is 10.1. The van der Waals surface area contributed by atoms with Crippen LogP contribution in [0.1, 0.15) is 45.2 Å². The first kappa shape index (κ1) is 17.0. The molecule has 0 saturated heterocycles. The van der Waals surface area contributed by atoms with Gasteiger partial charge in [0, 0.05) is 12.4 Å². The van der Waals surface area contributed by atoms with Crippen molar-refractivity contribution in [1.82, 2.24) is 9.97 Å². The summed E-state index contributed by atoms with van der Waals surface area (Å²) in [6.07, 6.45) is 7.82. The Bertz CT molecular complexity index is 411. The van der Waals surface area contributed by atoms with Crippen LogP contribution >= 0.6 is 11.8 Å². The number of thioether (sulfide) groups is 1. The molecule has 0 atom stereocenters. The van der Waals surface area contributed by atoms with Gasteiger partial charge in [-0.25, -0.2) is 4.98 Å². The molecule has 1 aromatic heterocycles. The van der Waals surface area contributed by atoms with E-state index in [1.807, 2.05) is 6.92 Å². The van der Waals surface area contributed by atoms with Crippen LogP contribution in [-0.2, 0) is 9.53 Å². The van der Waals surface area contributed by atoms with Gasteiger partial charge in [-0.2, -0.15) is 0 Å². The number of ether oxygens (including phenoxy) is 1. The third-order valence-electron chi connectivity index (χ3n) is 2.85. The highest BCUT2D eigenvalue weighted by Crippen LogP contribution is 2.17. The molecule has 20 heavy (non-hydrogen) atoms. The van der Waals surface area contributed by atoms with E-state index in [1.165, 1.54) is 24.6 Å². The van der Waals surface area contributed by atoms with E-state index in [1.54, 1.807) is 12.4 Å². The average Bonchev–Trinajstić information content (AvgIpc) is 2.41. The Kier molecular flexibility index (Phi) is 8.26. The van der Waals surface area contributed by atoms with Crippen molar-refractivity contribution in [2.24, 2.45) is 5.92 Å². The maximum atomic E-state index is 11.6. The van der Waals surface area contributed by atoms with Crippen LogP contribution in [0.2, 0.25) is 0 Å². The SMILES string of the molecule is Cc1nccnc1SCC(=O)OCCCCCC(C)C. The highest BCUT2D eigenvalue weighted by Gasteiger charge is 2.07. The zero-order valence-corrected chi connectivity index (χ0v) is 13.4. The Labute approximate surface area is 125 Å². The van der Waals surface area contributed by atoms with Gasteiger partial charge in [-0.3, -0.25) is 9.78 Å². The van der Waals surface area contributed by atoms with Gasteiger partial charge >= 0.3 is 5.97 Å². The number of nitrogens with zero attached hydrogens (tertiary/aromatic N) is 2. The largest absolute Gasteiger partial charge is 0.465 e. The number of aromatic nitrogens is 2. The molecule has 0 aliphatic rings. The first-order valence-electron chi connectivity index (χ1n) is 7.15. The monoisotopic (exact) mass is 296 g/mol. The van der Waals surface area contributed by atoms with E-state index < -0.39 is 0 Å². The third kappa shape index (κ3) is 7.48. The number of hydrogen-bond acceptors (Lipinski definition) is 5. The van der Waals surface area contributed by atoms with Crippen molar-refractivity contribution < 1.29 is 9.53 Å². The second kappa shape index (κ2) is 9.75. The fourth-order valence-corrected chi connectivity index (χ4v) is 2.46. The first-order chi connectivity index (χ1) is 9.59. The maximum absolute atomic E-state index is 11.6. The summed E-state index contributed by atoms with van der Waals surface area (Å²) >= 11 is 1.38. The first-order valence-corrected chi connectivity index (χ1v) is 8.14. The number of esters is 1. The molecule has 0 radical (unpaired) electrons. The molecule has 0 aromatic carbocycles. The van der Waals surface area contributed by atoms with Crippen molar-refractivity contribution in [3.05, 3.63) is 18.1 Å². The maximum Gasteiger partial charge on any atom is 0.316 e. The molecule has 1 heterocycles. The van der Waals surface area contributed by atoms with Crippen LogP contribution in [0, 0.1) is 12.8 Å². The van der Waals surface area contributed by atoms with E-state index in [-0.39, 0.29) is 5.97 Å². The van der Waals surface area contributed by atoms with Gasteiger partial charge in [0.05, 0.1) is 18.1 Å². The Morgan fingerprint density at radius 2 is 2.00 bits per heavy atom. The molecule has 5 heteroatoms. The normalized spacial score (nSPS) is 10.8. The topological polar surface area (TPSA) is 52.1 Å². The van der Waals surface area contributed by atoms with Crippen LogP contribution in [0.5, 0.6) is 0 Å². The van der Waals surface area contributed by atoms with Crippen molar-refractivity contribution in [3.8, 4) is 0 Å². The standard InChI is InChI=1S/C15H24N2O2S/c1-12(2)7-5-4-6-10-19-14(18)11-20-15-13(3)16-8-9-17-15/h8-9,12H,4-7,10-11H2,1-3H3. The molecular formula is C15H24N2O2S. The predicted molar refractivity (Wildman–Crippen MR) is 81.8 cm³/mol. The van der Waals surface area contributed by atoms with E-state index >= 15 is 0 Å². The van der Waals surface area contributed by atoms with Crippen molar-refractivity contribution in [2.75, 3.05) is 12.4 Å². The number of carbonyl (C=O) groups is 1. The van der Waals surface area contributed by atoms with E-state index in [9.17, 15) is 4.79 Å². The Hall–Kier alpha value is -1.10. The Morgan fingerprint density at radius 1 is 1.25 bits per heavy atom. The number of rotatable bonds is 9. The van der Waals surface area contributed by atoms with Crippen LogP contribution < -0.4 is 0 Å². The third-order valence-corrected chi connectivity index (χ3v) is 3.91. The van der Waals surface area contributed by atoms with Crippen LogP contribution in [0.3, 0.4) is 0 Å². The quantitative estimate of drug-likeness (QED) is 0.395. The minimum atomic E-state index is -0.177. The summed E-state index contributed by atoms with van der Waals surface area (Å²) < 4.78 is 5.20. The zero-order chi connectivity index (χ0) is 14.8. The van der Waals surface area contributed by atoms with Gasteiger partial charge in [0.25, 0.3) is 0 Å². The predicted octanol–water partition coefficient (Wildman–Crippen LogP) is 3.64. The molecule has 0 aliphatic carbocycles. The Morgan fingerprint density at radius 3 is 2.70 bits per heavy atom. The second-order valence-corrected chi connectivity index (χ2v) is 6.16. The Balaban J connectivity index is 2.08. The molecule has 112 valence electrons. The van der Waals surface area contributed by atoms with E-state index in [4.69, 9.17) is 4.74 Å². The van der Waals surface area contributed by atoms with Crippen molar-refractivity contribution >= 4 is 17.7 Å². The minimum Gasteiger partial charge on any atom is -0.465 e. The van der Waals surface area contributed by atoms with Gasteiger partial charge in [0.15, 0.2) is 0 Å². The van der Waals surface area contributed by atoms with Gasteiger partial charge in [-0.15, -0.1) is 0 Å². The molecular weight excluding hydrogens is 272 g/mol. The molecule has 0 fully saturated rings. The molecule has 1 rings (SSSR count). The lowest BCUT2D eigenvalue weighted by molar-refractivity contribution is -0.140. The highest BCUT2D eigenvalue weighted by molar-refractivity contribution is 7.99. The second-order valence-electron chi connectivity index (χ2n) is 5.20. The molecule has 1 aromatic rings. The van der Waals surface area contributed by atoms with Crippen molar-refractivity contribution in [2.45, 2.75) is 51.5 Å². The highest BCUT2D eigenvalue weighted by atomic mass is 32.2. The molecule has 0 spiro atoms. The van der Waals surface area contributed by atoms with Gasteiger partial charge in [-0.1, -0.05) is 44.9 Å². The van der Waals surface area contributed by atoms with Crippen LogP contribution in [-0.4, -0.2) is 28.3 Å². The summed E-state index contributed by atoms with van der Waals surface area (Å²) in [7, 11) is 0. The smallest absolute Gasteiger partial charge is 0.316 e.